The Balaban J connectivity index is 1.26. The number of nitrogens with zero attached hydrogens (tertiary/aromatic N) is 3. The Morgan fingerprint density at radius 2 is 1.86 bits per heavy atom. The van der Waals surface area contributed by atoms with Crippen molar-refractivity contribution in [3.05, 3.63) is 97.6 Å². The summed E-state index contributed by atoms with van der Waals surface area (Å²) in [6.07, 6.45) is 4.88. The zero-order valence-corrected chi connectivity index (χ0v) is 26.2. The van der Waals surface area contributed by atoms with Gasteiger partial charge in [0, 0.05) is 69.8 Å². The summed E-state index contributed by atoms with van der Waals surface area (Å²) in [5.41, 5.74) is 5.83. The Labute approximate surface area is 265 Å². The molecule has 44 heavy (non-hydrogen) atoms. The smallest absolute Gasteiger partial charge is 0.260 e. The predicted molar refractivity (Wildman–Crippen MR) is 180 cm³/mol. The zero-order chi connectivity index (χ0) is 30.0. The van der Waals surface area contributed by atoms with Crippen LogP contribution in [-0.2, 0) is 11.3 Å². The maximum absolute atomic E-state index is 14.3. The molecule has 0 amide bonds. The van der Waals surface area contributed by atoms with E-state index < -0.39 is 0 Å². The molecule has 1 atom stereocenters. The van der Waals surface area contributed by atoms with Crippen molar-refractivity contribution in [2.45, 2.75) is 44.7 Å². The van der Waals surface area contributed by atoms with Crippen molar-refractivity contribution in [3.63, 3.8) is 0 Å². The lowest BCUT2D eigenvalue weighted by molar-refractivity contribution is 0.0858. The fraction of sp³-hybridized carbons (Fsp3) is 0.324. The number of rotatable bonds is 8. The molecule has 8 nitrogen and oxygen atoms in total. The molecule has 5 aromatic rings. The van der Waals surface area contributed by atoms with Gasteiger partial charge in [-0.3, -0.25) is 9.36 Å². The number of hydrogen-bond acceptors (Lipinski definition) is 8. The number of anilines is 3. The van der Waals surface area contributed by atoms with Gasteiger partial charge in [-0.25, -0.2) is 4.98 Å². The van der Waals surface area contributed by atoms with Gasteiger partial charge < -0.3 is 20.7 Å². The van der Waals surface area contributed by atoms with Crippen LogP contribution in [0.1, 0.15) is 41.2 Å². The minimum atomic E-state index is -0.131. The second-order valence-electron chi connectivity index (χ2n) is 11.6. The van der Waals surface area contributed by atoms with Crippen LogP contribution in [0.2, 0.25) is 5.02 Å². The van der Waals surface area contributed by atoms with E-state index >= 15 is 0 Å². The molecule has 7 rings (SSSR count). The standard InChI is InChI=1S/C34H35ClN6O2S/c1-21-2-7-28(30(35)16-21)29-17-24-18-37-34(39-26-5-3-25(4-6-26)38-27-8-12-36-19-27)40-32(24)41(33(29)42)20-23-11-15-44-31(23)22-9-13-43-14-10-22/h2-7,11,15-18,22,27,36,38H,8-10,12-14,19-20H2,1H3,(H,37,39,40). The number of nitrogens with one attached hydrogen (secondary N) is 3. The van der Waals surface area contributed by atoms with Gasteiger partial charge in [0.25, 0.3) is 5.56 Å². The van der Waals surface area contributed by atoms with Gasteiger partial charge >= 0.3 is 0 Å². The van der Waals surface area contributed by atoms with Crippen LogP contribution in [0.25, 0.3) is 22.2 Å². The molecule has 2 saturated heterocycles. The molecule has 0 aliphatic carbocycles. The average molecular weight is 627 g/mol. The van der Waals surface area contributed by atoms with E-state index in [9.17, 15) is 4.79 Å². The van der Waals surface area contributed by atoms with E-state index in [-0.39, 0.29) is 5.56 Å². The van der Waals surface area contributed by atoms with Gasteiger partial charge in [-0.1, -0.05) is 23.7 Å². The summed E-state index contributed by atoms with van der Waals surface area (Å²) in [6, 6.07) is 18.4. The largest absolute Gasteiger partial charge is 0.381 e. The topological polar surface area (TPSA) is 93.1 Å². The minimum absolute atomic E-state index is 0.131. The number of halogens is 1. The molecule has 2 fully saturated rings. The molecule has 2 aromatic carbocycles. The lowest BCUT2D eigenvalue weighted by Gasteiger charge is -2.22. The van der Waals surface area contributed by atoms with Crippen molar-refractivity contribution in [3.8, 4) is 11.1 Å². The highest BCUT2D eigenvalue weighted by Gasteiger charge is 2.22. The van der Waals surface area contributed by atoms with Gasteiger partial charge in [-0.2, -0.15) is 4.98 Å². The van der Waals surface area contributed by atoms with Crippen LogP contribution < -0.4 is 21.5 Å². The van der Waals surface area contributed by atoms with E-state index in [0.717, 1.165) is 73.5 Å². The van der Waals surface area contributed by atoms with E-state index in [4.69, 9.17) is 21.3 Å². The number of thiophene rings is 1. The molecule has 0 bridgehead atoms. The second-order valence-corrected chi connectivity index (χ2v) is 13.0. The summed E-state index contributed by atoms with van der Waals surface area (Å²) >= 11 is 8.44. The van der Waals surface area contributed by atoms with Crippen LogP contribution in [0.3, 0.4) is 0 Å². The third-order valence-electron chi connectivity index (χ3n) is 8.52. The average Bonchev–Trinajstić information content (AvgIpc) is 3.73. The third kappa shape index (κ3) is 6.10. The quantitative estimate of drug-likeness (QED) is 0.172. The van der Waals surface area contributed by atoms with Gasteiger partial charge in [0.1, 0.15) is 5.65 Å². The first-order chi connectivity index (χ1) is 21.5. The molecule has 2 aliphatic heterocycles. The molecule has 0 radical (unpaired) electrons. The lowest BCUT2D eigenvalue weighted by Crippen LogP contribution is -2.24. The zero-order valence-electron chi connectivity index (χ0n) is 24.6. The third-order valence-corrected chi connectivity index (χ3v) is 9.95. The Morgan fingerprint density at radius 1 is 1.05 bits per heavy atom. The van der Waals surface area contributed by atoms with Crippen molar-refractivity contribution in [1.29, 1.82) is 0 Å². The first kappa shape index (κ1) is 29.0. The first-order valence-electron chi connectivity index (χ1n) is 15.2. The Bertz CT molecular complexity index is 1840. The van der Waals surface area contributed by atoms with Gasteiger partial charge in [-0.15, -0.1) is 11.3 Å². The van der Waals surface area contributed by atoms with Crippen LogP contribution in [0, 0.1) is 6.92 Å². The van der Waals surface area contributed by atoms with E-state index in [0.29, 0.717) is 46.2 Å². The van der Waals surface area contributed by atoms with Crippen LogP contribution in [0.4, 0.5) is 17.3 Å². The Morgan fingerprint density at radius 3 is 2.64 bits per heavy atom. The summed E-state index contributed by atoms with van der Waals surface area (Å²) in [5, 5.41) is 13.7. The monoisotopic (exact) mass is 626 g/mol. The maximum Gasteiger partial charge on any atom is 0.260 e. The molecular formula is C34H35ClN6O2S. The molecule has 3 aromatic heterocycles. The number of aromatic nitrogens is 3. The van der Waals surface area contributed by atoms with Gasteiger partial charge in [-0.05, 0) is 97.6 Å². The summed E-state index contributed by atoms with van der Waals surface area (Å²) in [6.45, 7) is 5.96. The number of benzene rings is 2. The van der Waals surface area contributed by atoms with Crippen molar-refractivity contribution in [2.24, 2.45) is 0 Å². The molecule has 10 heteroatoms. The molecule has 0 spiro atoms. The van der Waals surface area contributed by atoms with E-state index in [1.807, 2.05) is 43.3 Å². The molecular weight excluding hydrogens is 592 g/mol. The van der Waals surface area contributed by atoms with Crippen LogP contribution in [-0.4, -0.2) is 46.9 Å². The highest BCUT2D eigenvalue weighted by atomic mass is 35.5. The van der Waals surface area contributed by atoms with Crippen LogP contribution in [0.5, 0.6) is 0 Å². The van der Waals surface area contributed by atoms with Crippen molar-refractivity contribution in [2.75, 3.05) is 36.9 Å². The number of hydrogen-bond donors (Lipinski definition) is 3. The summed E-state index contributed by atoms with van der Waals surface area (Å²) < 4.78 is 7.40. The number of fused-ring (bicyclic) bond motifs is 1. The van der Waals surface area contributed by atoms with E-state index in [2.05, 4.69) is 44.5 Å². The highest BCUT2D eigenvalue weighted by Crippen LogP contribution is 2.35. The molecule has 2 aliphatic rings. The highest BCUT2D eigenvalue weighted by molar-refractivity contribution is 7.10. The maximum atomic E-state index is 14.3. The molecule has 3 N–H and O–H groups in total. The normalized spacial score (nSPS) is 17.3. The van der Waals surface area contributed by atoms with E-state index in [1.54, 1.807) is 22.1 Å². The van der Waals surface area contributed by atoms with Crippen molar-refractivity contribution in [1.82, 2.24) is 19.9 Å². The summed E-state index contributed by atoms with van der Waals surface area (Å²) in [5.74, 6) is 0.868. The molecule has 226 valence electrons. The van der Waals surface area contributed by atoms with Crippen molar-refractivity contribution < 1.29 is 4.74 Å². The van der Waals surface area contributed by atoms with Crippen molar-refractivity contribution >= 4 is 51.3 Å². The Kier molecular flexibility index (Phi) is 8.36. The SMILES string of the molecule is Cc1ccc(-c2cc3cnc(Nc4ccc(NC5CCNC5)cc4)nc3n(Cc3ccsc3C3CCOCC3)c2=O)c(Cl)c1. The van der Waals surface area contributed by atoms with Gasteiger partial charge in [0.2, 0.25) is 5.95 Å². The van der Waals surface area contributed by atoms with Crippen LogP contribution in [0.15, 0.2) is 71.0 Å². The number of pyridine rings is 1. The fourth-order valence-corrected chi connectivity index (χ4v) is 7.58. The summed E-state index contributed by atoms with van der Waals surface area (Å²) in [7, 11) is 0. The lowest BCUT2D eigenvalue weighted by atomic mass is 9.95. The van der Waals surface area contributed by atoms with Crippen LogP contribution >= 0.6 is 22.9 Å². The van der Waals surface area contributed by atoms with Gasteiger partial charge in [0.15, 0.2) is 0 Å². The number of aryl methyl sites for hydroxylation is 1. The number of ether oxygens (including phenoxy) is 1. The van der Waals surface area contributed by atoms with E-state index in [1.165, 1.54) is 4.88 Å². The molecule has 1 unspecified atom stereocenters. The second kappa shape index (κ2) is 12.7. The molecule has 0 saturated carbocycles. The van der Waals surface area contributed by atoms with Gasteiger partial charge in [0.05, 0.1) is 6.54 Å². The minimum Gasteiger partial charge on any atom is -0.381 e. The predicted octanol–water partition coefficient (Wildman–Crippen LogP) is 6.94. The summed E-state index contributed by atoms with van der Waals surface area (Å²) in [4.78, 5) is 25.1. The first-order valence-corrected chi connectivity index (χ1v) is 16.4. The fourth-order valence-electron chi connectivity index (χ4n) is 6.16. The molecule has 5 heterocycles. The Hall–Kier alpha value is -3.76.